The molecule has 0 aliphatic heterocycles. The lowest BCUT2D eigenvalue weighted by atomic mass is 9.40. The maximum absolute atomic E-state index is 14.2. The molecule has 5 aliphatic carbocycles. The minimum atomic E-state index is -0.420. The van der Waals surface area contributed by atoms with Crippen LogP contribution in [-0.2, 0) is 15.0 Å². The molecule has 1 aromatic heterocycles. The first kappa shape index (κ1) is 28.0. The largest absolute Gasteiger partial charge is 0.339 e. The lowest BCUT2D eigenvalue weighted by Crippen LogP contribution is -2.60. The Morgan fingerprint density at radius 2 is 1.77 bits per heavy atom. The number of nitriles is 1. The van der Waals surface area contributed by atoms with Gasteiger partial charge in [-0.15, -0.1) is 0 Å². The summed E-state index contributed by atoms with van der Waals surface area (Å²) >= 11 is 0. The quantitative estimate of drug-likeness (QED) is 0.379. The average molecular weight is 532 g/mol. The molecule has 7 unspecified atom stereocenters. The first-order chi connectivity index (χ1) is 18.3. The molecule has 0 radical (unpaired) electrons. The molecule has 0 aromatic carbocycles. The Morgan fingerprint density at radius 3 is 2.41 bits per heavy atom. The van der Waals surface area contributed by atoms with Gasteiger partial charge in [-0.05, 0) is 86.5 Å². The van der Waals surface area contributed by atoms with Gasteiger partial charge in [-0.1, -0.05) is 64.8 Å². The van der Waals surface area contributed by atoms with Crippen LogP contribution in [0.2, 0.25) is 0 Å². The van der Waals surface area contributed by atoms with Gasteiger partial charge < -0.3 is 4.52 Å². The van der Waals surface area contributed by atoms with E-state index in [1.54, 1.807) is 0 Å². The molecule has 7 atom stereocenters. The molecule has 0 amide bonds. The zero-order valence-electron chi connectivity index (χ0n) is 24.9. The standard InChI is InChI=1S/C30H37N3O3.C3H8/c1-17-32-26(36-33-17)30-9-7-20-25(21(30)15-27(2,3)10-11-30)23(35)13-24-28(20,4)8-6-19-12-22(34)18(16-31)14-29(19,24)5;1-3-2/h13-14,19-21,25H,6-12,15H2,1-5H3;3H2,1-2H3. The predicted molar refractivity (Wildman–Crippen MR) is 149 cm³/mol. The number of rotatable bonds is 1. The molecule has 0 N–H and O–H groups in total. The van der Waals surface area contributed by atoms with Crippen molar-refractivity contribution in [1.29, 1.82) is 5.26 Å². The van der Waals surface area contributed by atoms with Crippen LogP contribution in [0.15, 0.2) is 27.8 Å². The van der Waals surface area contributed by atoms with Gasteiger partial charge in [0.15, 0.2) is 17.4 Å². The van der Waals surface area contributed by atoms with Gasteiger partial charge in [-0.25, -0.2) is 0 Å². The molecule has 5 aliphatic rings. The van der Waals surface area contributed by atoms with Crippen molar-refractivity contribution in [2.75, 3.05) is 0 Å². The number of ketones is 2. The SMILES string of the molecule is CCC.Cc1noc(C23CCC4C(C(=O)C=C5C6(C)C=C(C#N)C(=O)CC6CCC54C)C2CC(C)(C)CC3)n1. The van der Waals surface area contributed by atoms with Crippen molar-refractivity contribution in [3.8, 4) is 6.07 Å². The van der Waals surface area contributed by atoms with Gasteiger partial charge in [-0.2, -0.15) is 10.2 Å². The Bertz CT molecular complexity index is 1280. The smallest absolute Gasteiger partial charge is 0.233 e. The van der Waals surface area contributed by atoms with Crippen LogP contribution >= 0.6 is 0 Å². The molecule has 39 heavy (non-hydrogen) atoms. The third-order valence-electron chi connectivity index (χ3n) is 11.2. The fraction of sp³-hybridized carbons (Fsp3) is 0.727. The van der Waals surface area contributed by atoms with Crippen LogP contribution < -0.4 is 0 Å². The molecule has 6 heteroatoms. The summed E-state index contributed by atoms with van der Waals surface area (Å²) in [6.07, 6.45) is 12.4. The van der Waals surface area contributed by atoms with Crippen LogP contribution in [0.25, 0.3) is 0 Å². The van der Waals surface area contributed by atoms with E-state index in [4.69, 9.17) is 9.51 Å². The third kappa shape index (κ3) is 4.18. The van der Waals surface area contributed by atoms with E-state index in [0.717, 1.165) is 56.4 Å². The van der Waals surface area contributed by atoms with Crippen LogP contribution in [0.5, 0.6) is 0 Å². The number of fused-ring (bicyclic) bond motifs is 7. The number of Topliss-reactive ketones (excluding diaryl/α,β-unsaturated/α-hetero) is 1. The topological polar surface area (TPSA) is 96.9 Å². The Morgan fingerprint density at radius 1 is 1.05 bits per heavy atom. The summed E-state index contributed by atoms with van der Waals surface area (Å²) in [7, 11) is 0. The van der Waals surface area contributed by atoms with Crippen LogP contribution in [0, 0.1) is 58.2 Å². The van der Waals surface area contributed by atoms with Crippen molar-refractivity contribution < 1.29 is 14.1 Å². The summed E-state index contributed by atoms with van der Waals surface area (Å²) in [6.45, 7) is 15.3. The lowest BCUT2D eigenvalue weighted by Gasteiger charge is -2.63. The average Bonchev–Trinajstić information content (AvgIpc) is 3.32. The second kappa shape index (κ2) is 9.53. The van der Waals surface area contributed by atoms with Crippen molar-refractivity contribution >= 4 is 11.6 Å². The molecule has 1 heterocycles. The highest BCUT2D eigenvalue weighted by Crippen LogP contribution is 2.69. The highest BCUT2D eigenvalue weighted by Gasteiger charge is 2.65. The highest BCUT2D eigenvalue weighted by molar-refractivity contribution is 6.01. The molecule has 0 saturated heterocycles. The summed E-state index contributed by atoms with van der Waals surface area (Å²) < 4.78 is 5.84. The third-order valence-corrected chi connectivity index (χ3v) is 11.2. The van der Waals surface area contributed by atoms with Gasteiger partial charge >= 0.3 is 0 Å². The molecule has 0 spiro atoms. The van der Waals surface area contributed by atoms with E-state index in [-0.39, 0.29) is 57.1 Å². The Labute approximate surface area is 233 Å². The van der Waals surface area contributed by atoms with Gasteiger partial charge in [-0.3, -0.25) is 9.59 Å². The van der Waals surface area contributed by atoms with Crippen molar-refractivity contribution in [2.45, 2.75) is 112 Å². The van der Waals surface area contributed by atoms with Gasteiger partial charge in [0.2, 0.25) is 5.89 Å². The number of carbonyl (C=O) groups is 2. The number of hydrogen-bond acceptors (Lipinski definition) is 6. The van der Waals surface area contributed by atoms with E-state index in [9.17, 15) is 14.9 Å². The number of nitrogens with zero attached hydrogens (tertiary/aromatic N) is 3. The maximum atomic E-state index is 14.2. The van der Waals surface area contributed by atoms with E-state index in [0.29, 0.717) is 12.2 Å². The second-order valence-electron chi connectivity index (χ2n) is 14.3. The summed E-state index contributed by atoms with van der Waals surface area (Å²) in [5, 5.41) is 13.8. The number of allylic oxidation sites excluding steroid dienone is 4. The minimum absolute atomic E-state index is 0.0501. The number of hydrogen-bond donors (Lipinski definition) is 0. The van der Waals surface area contributed by atoms with Crippen LogP contribution in [0.3, 0.4) is 0 Å². The summed E-state index contributed by atoms with van der Waals surface area (Å²) in [4.78, 5) is 31.5. The minimum Gasteiger partial charge on any atom is -0.339 e. The van der Waals surface area contributed by atoms with E-state index >= 15 is 0 Å². The maximum Gasteiger partial charge on any atom is 0.233 e. The van der Waals surface area contributed by atoms with E-state index < -0.39 is 5.41 Å². The Kier molecular flexibility index (Phi) is 6.84. The molecule has 6 rings (SSSR count). The summed E-state index contributed by atoms with van der Waals surface area (Å²) in [5.74, 6) is 2.07. The zero-order chi connectivity index (χ0) is 28.4. The lowest BCUT2D eigenvalue weighted by molar-refractivity contribution is -0.139. The number of aromatic nitrogens is 2. The highest BCUT2D eigenvalue weighted by atomic mass is 16.5. The van der Waals surface area contributed by atoms with Crippen molar-refractivity contribution in [3.05, 3.63) is 35.0 Å². The molecule has 3 saturated carbocycles. The van der Waals surface area contributed by atoms with Crippen molar-refractivity contribution in [2.24, 2.45) is 39.9 Å². The summed E-state index contributed by atoms with van der Waals surface area (Å²) in [5.41, 5.74) is 0.803. The monoisotopic (exact) mass is 531 g/mol. The fourth-order valence-corrected chi connectivity index (χ4v) is 9.28. The van der Waals surface area contributed by atoms with Crippen molar-refractivity contribution in [1.82, 2.24) is 10.1 Å². The molecule has 1 aromatic rings. The predicted octanol–water partition coefficient (Wildman–Crippen LogP) is 7.24. The second-order valence-corrected chi connectivity index (χ2v) is 14.3. The van der Waals surface area contributed by atoms with Gasteiger partial charge in [0.1, 0.15) is 6.07 Å². The molecular weight excluding hydrogens is 486 g/mol. The molecule has 0 bridgehead atoms. The Hall–Kier alpha value is -2.55. The van der Waals surface area contributed by atoms with E-state index in [1.165, 1.54) is 6.42 Å². The Balaban J connectivity index is 0.000000983. The molecule has 6 nitrogen and oxygen atoms in total. The first-order valence-corrected chi connectivity index (χ1v) is 15.1. The van der Waals surface area contributed by atoms with Gasteiger partial charge in [0.25, 0.3) is 0 Å². The van der Waals surface area contributed by atoms with Crippen molar-refractivity contribution in [3.63, 3.8) is 0 Å². The van der Waals surface area contributed by atoms with E-state index in [1.807, 2.05) is 19.1 Å². The normalized spacial score (nSPS) is 40.4. The van der Waals surface area contributed by atoms with E-state index in [2.05, 4.69) is 52.8 Å². The summed E-state index contributed by atoms with van der Waals surface area (Å²) in [6, 6.07) is 2.13. The number of carbonyl (C=O) groups excluding carboxylic acids is 2. The molecule has 210 valence electrons. The number of aryl methyl sites for hydroxylation is 1. The van der Waals surface area contributed by atoms with Gasteiger partial charge in [0, 0.05) is 17.8 Å². The fourth-order valence-electron chi connectivity index (χ4n) is 9.28. The van der Waals surface area contributed by atoms with Crippen LogP contribution in [-0.4, -0.2) is 21.7 Å². The molecule has 3 fully saturated rings. The van der Waals surface area contributed by atoms with Gasteiger partial charge in [0.05, 0.1) is 11.0 Å². The first-order valence-electron chi connectivity index (χ1n) is 15.1. The van der Waals surface area contributed by atoms with Crippen LogP contribution in [0.4, 0.5) is 0 Å². The van der Waals surface area contributed by atoms with Crippen LogP contribution in [0.1, 0.15) is 111 Å². The zero-order valence-corrected chi connectivity index (χ0v) is 24.9. The molecular formula is C33H45N3O3.